The molecule has 1 aromatic carbocycles. The van der Waals surface area contributed by atoms with Crippen LogP contribution in [0.25, 0.3) is 0 Å². The van der Waals surface area contributed by atoms with Gasteiger partial charge in [0.2, 0.25) is 10.0 Å². The average molecular weight is 284 g/mol. The van der Waals surface area contributed by atoms with Gasteiger partial charge < -0.3 is 0 Å². The van der Waals surface area contributed by atoms with E-state index in [0.29, 0.717) is 6.42 Å². The van der Waals surface area contributed by atoms with Crippen molar-refractivity contribution in [3.63, 3.8) is 0 Å². The van der Waals surface area contributed by atoms with Gasteiger partial charge in [0.05, 0.1) is 11.4 Å². The van der Waals surface area contributed by atoms with Crippen molar-refractivity contribution in [2.75, 3.05) is 10.5 Å². The van der Waals surface area contributed by atoms with Crippen LogP contribution >= 0.6 is 0 Å². The quantitative estimate of drug-likeness (QED) is 0.924. The summed E-state index contributed by atoms with van der Waals surface area (Å²) in [5.41, 5.74) is -0.424. The maximum absolute atomic E-state index is 13.3. The number of halogens is 1. The minimum atomic E-state index is -3.58. The smallest absolute Gasteiger partial charge is 0.232 e. The third-order valence-electron chi connectivity index (χ3n) is 2.51. The largest absolute Gasteiger partial charge is 0.282 e. The Labute approximate surface area is 113 Å². The fourth-order valence-electron chi connectivity index (χ4n) is 1.38. The number of nitrogens with zero attached hydrogens (tertiary/aromatic N) is 1. The summed E-state index contributed by atoms with van der Waals surface area (Å²) in [6.07, 6.45) is 0.472. The molecular weight excluding hydrogens is 267 g/mol. The van der Waals surface area contributed by atoms with Crippen molar-refractivity contribution in [1.82, 2.24) is 0 Å². The van der Waals surface area contributed by atoms with Crippen LogP contribution in [0.3, 0.4) is 0 Å². The molecular formula is C13H17FN2O2S. The van der Waals surface area contributed by atoms with Crippen molar-refractivity contribution < 1.29 is 12.8 Å². The van der Waals surface area contributed by atoms with E-state index in [2.05, 4.69) is 4.72 Å². The maximum atomic E-state index is 13.3. The Bertz CT molecular complexity index is 598. The van der Waals surface area contributed by atoms with Gasteiger partial charge in [-0.3, -0.25) is 4.72 Å². The summed E-state index contributed by atoms with van der Waals surface area (Å²) in [6, 6.07) is 5.50. The monoisotopic (exact) mass is 284 g/mol. The Balaban J connectivity index is 2.91. The molecule has 0 aliphatic heterocycles. The number of rotatable bonds is 4. The van der Waals surface area contributed by atoms with Crippen LogP contribution in [0.2, 0.25) is 0 Å². The molecule has 0 fully saturated rings. The lowest BCUT2D eigenvalue weighted by atomic mass is 9.94. The van der Waals surface area contributed by atoms with Crippen molar-refractivity contribution in [1.29, 1.82) is 5.26 Å². The number of benzene rings is 1. The lowest BCUT2D eigenvalue weighted by Crippen LogP contribution is -2.21. The molecule has 0 saturated carbocycles. The first-order valence-corrected chi connectivity index (χ1v) is 7.49. The van der Waals surface area contributed by atoms with Crippen molar-refractivity contribution in [3.05, 3.63) is 29.6 Å². The first kappa shape index (κ1) is 15.4. The van der Waals surface area contributed by atoms with Crippen LogP contribution in [0.15, 0.2) is 18.2 Å². The molecule has 0 atom stereocenters. The number of hydrogen-bond donors (Lipinski definition) is 1. The number of sulfonamides is 1. The summed E-state index contributed by atoms with van der Waals surface area (Å²) in [5.74, 6) is -0.809. The van der Waals surface area contributed by atoms with Gasteiger partial charge in [0, 0.05) is 0 Å². The van der Waals surface area contributed by atoms with Crippen molar-refractivity contribution in [2.45, 2.75) is 27.2 Å². The zero-order valence-electron chi connectivity index (χ0n) is 11.2. The molecule has 0 amide bonds. The minimum absolute atomic E-state index is 0.0172. The molecule has 0 heterocycles. The number of anilines is 1. The third kappa shape index (κ3) is 4.87. The van der Waals surface area contributed by atoms with E-state index >= 15 is 0 Å². The summed E-state index contributed by atoms with van der Waals surface area (Å²) in [4.78, 5) is 0. The third-order valence-corrected chi connectivity index (χ3v) is 3.78. The van der Waals surface area contributed by atoms with E-state index in [4.69, 9.17) is 5.26 Å². The zero-order chi connectivity index (χ0) is 14.7. The molecule has 1 aromatic rings. The highest BCUT2D eigenvalue weighted by Gasteiger charge is 2.19. The highest BCUT2D eigenvalue weighted by molar-refractivity contribution is 7.92. The van der Waals surface area contributed by atoms with Gasteiger partial charge in [0.1, 0.15) is 17.4 Å². The lowest BCUT2D eigenvalue weighted by molar-refractivity contribution is 0.397. The minimum Gasteiger partial charge on any atom is -0.282 e. The second kappa shape index (κ2) is 5.57. The molecule has 0 aliphatic carbocycles. The fraction of sp³-hybridized carbons (Fsp3) is 0.462. The number of nitriles is 1. The standard InChI is InChI=1S/C13H17FN2O2S/c1-13(2,3)7-8-19(17,18)16-12-6-4-5-11(14)10(12)9-15/h4-6,16H,7-8H2,1-3H3. The van der Waals surface area contributed by atoms with Crippen LogP contribution in [0.5, 0.6) is 0 Å². The number of nitrogens with one attached hydrogen (secondary N) is 1. The van der Waals surface area contributed by atoms with Gasteiger partial charge in [-0.05, 0) is 24.0 Å². The first-order valence-electron chi connectivity index (χ1n) is 5.84. The van der Waals surface area contributed by atoms with Crippen LogP contribution in [0.4, 0.5) is 10.1 Å². The van der Waals surface area contributed by atoms with Crippen molar-refractivity contribution in [2.24, 2.45) is 5.41 Å². The molecule has 1 N–H and O–H groups in total. The van der Waals surface area contributed by atoms with Crippen LogP contribution in [0.1, 0.15) is 32.8 Å². The second-order valence-corrected chi connectivity index (χ2v) is 7.35. The summed E-state index contributed by atoms with van der Waals surface area (Å²) >= 11 is 0. The van der Waals surface area contributed by atoms with E-state index in [1.165, 1.54) is 12.1 Å². The average Bonchev–Trinajstić information content (AvgIpc) is 2.26. The van der Waals surface area contributed by atoms with Crippen LogP contribution in [-0.4, -0.2) is 14.2 Å². The Hall–Kier alpha value is -1.61. The van der Waals surface area contributed by atoms with E-state index in [9.17, 15) is 12.8 Å². The molecule has 0 bridgehead atoms. The van der Waals surface area contributed by atoms with Crippen molar-refractivity contribution in [3.8, 4) is 6.07 Å². The van der Waals surface area contributed by atoms with E-state index in [1.54, 1.807) is 6.07 Å². The zero-order valence-corrected chi connectivity index (χ0v) is 12.0. The molecule has 0 aliphatic rings. The first-order chi connectivity index (χ1) is 8.64. The highest BCUT2D eigenvalue weighted by Crippen LogP contribution is 2.22. The van der Waals surface area contributed by atoms with Gasteiger partial charge in [-0.1, -0.05) is 26.8 Å². The topological polar surface area (TPSA) is 70.0 Å². The summed E-state index contributed by atoms with van der Waals surface area (Å²) in [5, 5.41) is 8.83. The van der Waals surface area contributed by atoms with E-state index in [1.807, 2.05) is 20.8 Å². The van der Waals surface area contributed by atoms with Gasteiger partial charge in [0.15, 0.2) is 0 Å². The van der Waals surface area contributed by atoms with Gasteiger partial charge >= 0.3 is 0 Å². The Morgan fingerprint density at radius 1 is 1.37 bits per heavy atom. The molecule has 0 unspecified atom stereocenters. The van der Waals surface area contributed by atoms with E-state index in [0.717, 1.165) is 6.07 Å². The second-order valence-electron chi connectivity index (χ2n) is 5.51. The molecule has 1 rings (SSSR count). The molecule has 19 heavy (non-hydrogen) atoms. The molecule has 4 nitrogen and oxygen atoms in total. The molecule has 0 saturated heterocycles. The Morgan fingerprint density at radius 2 is 2.00 bits per heavy atom. The summed E-state index contributed by atoms with van der Waals surface area (Å²) in [6.45, 7) is 5.81. The van der Waals surface area contributed by atoms with Crippen LogP contribution < -0.4 is 4.72 Å². The molecule has 0 radical (unpaired) electrons. The van der Waals surface area contributed by atoms with Gasteiger partial charge in [-0.25, -0.2) is 12.8 Å². The lowest BCUT2D eigenvalue weighted by Gasteiger charge is -2.18. The van der Waals surface area contributed by atoms with Crippen LogP contribution in [-0.2, 0) is 10.0 Å². The molecule has 0 spiro atoms. The highest BCUT2D eigenvalue weighted by atomic mass is 32.2. The molecule has 0 aromatic heterocycles. The summed E-state index contributed by atoms with van der Waals surface area (Å²) < 4.78 is 39.4. The predicted octanol–water partition coefficient (Wildman–Crippen LogP) is 2.88. The van der Waals surface area contributed by atoms with Crippen molar-refractivity contribution >= 4 is 15.7 Å². The Kier molecular flexibility index (Phi) is 4.53. The molecule has 6 heteroatoms. The van der Waals surface area contributed by atoms with Gasteiger partial charge in [0.25, 0.3) is 0 Å². The van der Waals surface area contributed by atoms with E-state index < -0.39 is 15.8 Å². The fourth-order valence-corrected chi connectivity index (χ4v) is 2.87. The normalized spacial score (nSPS) is 11.9. The SMILES string of the molecule is CC(C)(C)CCS(=O)(=O)Nc1cccc(F)c1C#N. The number of hydrogen-bond acceptors (Lipinski definition) is 3. The van der Waals surface area contributed by atoms with Gasteiger partial charge in [-0.2, -0.15) is 5.26 Å². The molecule has 104 valence electrons. The van der Waals surface area contributed by atoms with Gasteiger partial charge in [-0.15, -0.1) is 0 Å². The van der Waals surface area contributed by atoms with E-state index in [-0.39, 0.29) is 22.4 Å². The Morgan fingerprint density at radius 3 is 2.53 bits per heavy atom. The summed E-state index contributed by atoms with van der Waals surface area (Å²) in [7, 11) is -3.58. The maximum Gasteiger partial charge on any atom is 0.232 e. The predicted molar refractivity (Wildman–Crippen MR) is 72.6 cm³/mol. The van der Waals surface area contributed by atoms with Crippen LogP contribution in [0, 0.1) is 22.6 Å².